The van der Waals surface area contributed by atoms with E-state index in [2.05, 4.69) is 17.7 Å². The van der Waals surface area contributed by atoms with Gasteiger partial charge in [0.25, 0.3) is 5.91 Å². The number of carbonyl (C=O) groups excluding carboxylic acids is 1. The molecular formula is C11H21N3O2. The van der Waals surface area contributed by atoms with Crippen LogP contribution in [0.2, 0.25) is 0 Å². The second-order valence-electron chi connectivity index (χ2n) is 4.63. The van der Waals surface area contributed by atoms with Crippen molar-refractivity contribution in [3.63, 3.8) is 0 Å². The summed E-state index contributed by atoms with van der Waals surface area (Å²) in [5.41, 5.74) is 2.97. The Hall–Kier alpha value is -0.650. The zero-order valence-electron chi connectivity index (χ0n) is 9.87. The first kappa shape index (κ1) is 11.8. The molecule has 0 aromatic carbocycles. The summed E-state index contributed by atoms with van der Waals surface area (Å²) in [5.74, 6) is 0.531. The first-order valence-electron chi connectivity index (χ1n) is 6.14. The van der Waals surface area contributed by atoms with Crippen LogP contribution in [-0.4, -0.2) is 49.8 Å². The molecule has 0 aliphatic carbocycles. The van der Waals surface area contributed by atoms with E-state index in [1.165, 1.54) is 6.42 Å². The van der Waals surface area contributed by atoms with Crippen LogP contribution in [0.3, 0.4) is 0 Å². The minimum Gasteiger partial charge on any atom is -0.379 e. The smallest absolute Gasteiger partial charge is 0.251 e. The number of piperidine rings is 1. The van der Waals surface area contributed by atoms with Gasteiger partial charge in [-0.1, -0.05) is 6.92 Å². The zero-order chi connectivity index (χ0) is 11.4. The summed E-state index contributed by atoms with van der Waals surface area (Å²) in [6.07, 6.45) is 2.30. The molecule has 2 N–H and O–H groups in total. The summed E-state index contributed by atoms with van der Waals surface area (Å²) in [5, 5.41) is 5.24. The Morgan fingerprint density at radius 1 is 1.44 bits per heavy atom. The zero-order valence-corrected chi connectivity index (χ0v) is 9.87. The van der Waals surface area contributed by atoms with Crippen LogP contribution < -0.4 is 10.7 Å². The van der Waals surface area contributed by atoms with Crippen molar-refractivity contribution in [2.45, 2.75) is 25.8 Å². The van der Waals surface area contributed by atoms with E-state index in [0.29, 0.717) is 19.1 Å². The summed E-state index contributed by atoms with van der Waals surface area (Å²) in [6.45, 7) is 6.06. The van der Waals surface area contributed by atoms with Crippen LogP contribution in [0.1, 0.15) is 19.8 Å². The lowest BCUT2D eigenvalue weighted by atomic mass is 9.92. The van der Waals surface area contributed by atoms with Gasteiger partial charge in [-0.15, -0.1) is 0 Å². The van der Waals surface area contributed by atoms with E-state index in [-0.39, 0.29) is 11.9 Å². The topological polar surface area (TPSA) is 53.6 Å². The van der Waals surface area contributed by atoms with Crippen molar-refractivity contribution in [2.75, 3.05) is 32.8 Å². The maximum atomic E-state index is 12.0. The molecule has 2 saturated heterocycles. The first-order chi connectivity index (χ1) is 7.77. The van der Waals surface area contributed by atoms with Crippen molar-refractivity contribution in [2.24, 2.45) is 5.92 Å². The molecule has 0 aromatic rings. The number of morpholine rings is 1. The van der Waals surface area contributed by atoms with E-state index in [0.717, 1.165) is 26.1 Å². The minimum atomic E-state index is -0.0309. The third kappa shape index (κ3) is 2.93. The fourth-order valence-electron chi connectivity index (χ4n) is 2.30. The van der Waals surface area contributed by atoms with E-state index < -0.39 is 0 Å². The number of rotatable bonds is 2. The highest BCUT2D eigenvalue weighted by atomic mass is 16.5. The highest BCUT2D eigenvalue weighted by molar-refractivity contribution is 5.81. The Balaban J connectivity index is 1.81. The first-order valence-corrected chi connectivity index (χ1v) is 6.14. The predicted molar refractivity (Wildman–Crippen MR) is 60.7 cm³/mol. The molecule has 2 heterocycles. The van der Waals surface area contributed by atoms with Crippen LogP contribution in [0.4, 0.5) is 0 Å². The Kier molecular flexibility index (Phi) is 4.15. The highest BCUT2D eigenvalue weighted by Crippen LogP contribution is 2.15. The van der Waals surface area contributed by atoms with Crippen molar-refractivity contribution < 1.29 is 9.53 Å². The Labute approximate surface area is 96.5 Å². The van der Waals surface area contributed by atoms with Crippen molar-refractivity contribution in [1.82, 2.24) is 15.8 Å². The average molecular weight is 227 g/mol. The third-order valence-electron chi connectivity index (χ3n) is 3.33. The van der Waals surface area contributed by atoms with Gasteiger partial charge in [0.2, 0.25) is 0 Å². The average Bonchev–Trinajstić information content (AvgIpc) is 2.31. The molecule has 2 fully saturated rings. The van der Waals surface area contributed by atoms with Crippen molar-refractivity contribution in [3.05, 3.63) is 0 Å². The summed E-state index contributed by atoms with van der Waals surface area (Å²) in [4.78, 5) is 12.0. The van der Waals surface area contributed by atoms with Crippen LogP contribution in [0.25, 0.3) is 0 Å². The van der Waals surface area contributed by atoms with Crippen LogP contribution in [-0.2, 0) is 9.53 Å². The van der Waals surface area contributed by atoms with Gasteiger partial charge in [0.15, 0.2) is 0 Å². The SMILES string of the molecule is CC1CCCNC1C(=O)NN1CCOCC1. The van der Waals surface area contributed by atoms with Gasteiger partial charge >= 0.3 is 0 Å². The van der Waals surface area contributed by atoms with Crippen LogP contribution >= 0.6 is 0 Å². The lowest BCUT2D eigenvalue weighted by Gasteiger charge is -2.33. The molecule has 0 radical (unpaired) electrons. The van der Waals surface area contributed by atoms with Gasteiger partial charge in [0, 0.05) is 13.1 Å². The number of carbonyl (C=O) groups is 1. The number of hydrogen-bond donors (Lipinski definition) is 2. The van der Waals surface area contributed by atoms with Gasteiger partial charge in [0.1, 0.15) is 0 Å². The summed E-state index contributed by atoms with van der Waals surface area (Å²) in [7, 11) is 0. The van der Waals surface area contributed by atoms with Crippen LogP contribution in [0, 0.1) is 5.92 Å². The van der Waals surface area contributed by atoms with E-state index in [9.17, 15) is 4.79 Å². The molecule has 5 nitrogen and oxygen atoms in total. The molecule has 2 atom stereocenters. The van der Waals surface area contributed by atoms with Gasteiger partial charge < -0.3 is 10.1 Å². The minimum absolute atomic E-state index is 0.0309. The molecule has 0 bridgehead atoms. The lowest BCUT2D eigenvalue weighted by molar-refractivity contribution is -0.131. The summed E-state index contributed by atoms with van der Waals surface area (Å²) in [6, 6.07) is -0.0309. The van der Waals surface area contributed by atoms with E-state index in [1.54, 1.807) is 0 Å². The number of nitrogens with one attached hydrogen (secondary N) is 2. The van der Waals surface area contributed by atoms with Crippen molar-refractivity contribution in [3.8, 4) is 0 Å². The number of ether oxygens (including phenoxy) is 1. The molecule has 0 spiro atoms. The highest BCUT2D eigenvalue weighted by Gasteiger charge is 2.28. The molecule has 2 unspecified atom stereocenters. The molecule has 2 rings (SSSR count). The second-order valence-corrected chi connectivity index (χ2v) is 4.63. The fourth-order valence-corrected chi connectivity index (χ4v) is 2.30. The normalized spacial score (nSPS) is 32.3. The van der Waals surface area contributed by atoms with E-state index in [1.807, 2.05) is 5.01 Å². The molecule has 92 valence electrons. The second kappa shape index (κ2) is 5.61. The van der Waals surface area contributed by atoms with E-state index in [4.69, 9.17) is 4.74 Å². The number of nitrogens with zero attached hydrogens (tertiary/aromatic N) is 1. The van der Waals surface area contributed by atoms with Gasteiger partial charge in [-0.3, -0.25) is 10.2 Å². The van der Waals surface area contributed by atoms with Crippen LogP contribution in [0.5, 0.6) is 0 Å². The van der Waals surface area contributed by atoms with Gasteiger partial charge in [-0.05, 0) is 25.3 Å². The number of amides is 1. The molecular weight excluding hydrogens is 206 g/mol. The molecule has 0 aromatic heterocycles. The molecule has 5 heteroatoms. The molecule has 16 heavy (non-hydrogen) atoms. The van der Waals surface area contributed by atoms with Gasteiger partial charge in [-0.25, -0.2) is 5.01 Å². The predicted octanol–water partition coefficient (Wildman–Crippen LogP) is -0.262. The summed E-state index contributed by atoms with van der Waals surface area (Å²) < 4.78 is 5.24. The van der Waals surface area contributed by atoms with E-state index >= 15 is 0 Å². The summed E-state index contributed by atoms with van der Waals surface area (Å²) >= 11 is 0. The molecule has 2 aliphatic rings. The molecule has 2 aliphatic heterocycles. The standard InChI is InChI=1S/C11H21N3O2/c1-9-3-2-4-12-10(9)11(15)13-14-5-7-16-8-6-14/h9-10,12H,2-8H2,1H3,(H,13,15). The van der Waals surface area contributed by atoms with Crippen molar-refractivity contribution >= 4 is 5.91 Å². The Morgan fingerprint density at radius 2 is 2.19 bits per heavy atom. The number of hydrogen-bond acceptors (Lipinski definition) is 4. The molecule has 1 amide bonds. The fraction of sp³-hybridized carbons (Fsp3) is 0.909. The third-order valence-corrected chi connectivity index (χ3v) is 3.33. The maximum absolute atomic E-state index is 12.0. The molecule has 0 saturated carbocycles. The van der Waals surface area contributed by atoms with Crippen LogP contribution in [0.15, 0.2) is 0 Å². The largest absolute Gasteiger partial charge is 0.379 e. The van der Waals surface area contributed by atoms with Crippen molar-refractivity contribution in [1.29, 1.82) is 0 Å². The Morgan fingerprint density at radius 3 is 2.88 bits per heavy atom. The quantitative estimate of drug-likeness (QED) is 0.682. The number of hydrazine groups is 1. The monoisotopic (exact) mass is 227 g/mol. The lowest BCUT2D eigenvalue weighted by Crippen LogP contribution is -2.57. The maximum Gasteiger partial charge on any atom is 0.251 e. The Bertz CT molecular complexity index is 241. The van der Waals surface area contributed by atoms with Gasteiger partial charge in [0.05, 0.1) is 19.3 Å². The van der Waals surface area contributed by atoms with Gasteiger partial charge in [-0.2, -0.15) is 0 Å².